The van der Waals surface area contributed by atoms with Gasteiger partial charge in [-0.2, -0.15) is 0 Å². The van der Waals surface area contributed by atoms with Gasteiger partial charge in [-0.1, -0.05) is 24.3 Å². The molecule has 0 saturated heterocycles. The van der Waals surface area contributed by atoms with Crippen LogP contribution in [0.3, 0.4) is 0 Å². The molecule has 2 nitrogen and oxygen atoms in total. The summed E-state index contributed by atoms with van der Waals surface area (Å²) in [5, 5.41) is 0. The van der Waals surface area contributed by atoms with Gasteiger partial charge in [0.25, 0.3) is 0 Å². The van der Waals surface area contributed by atoms with Crippen LogP contribution in [-0.4, -0.2) is 6.54 Å². The average molecular weight is 227 g/mol. The molecule has 2 N–H and O–H groups in total. The Kier molecular flexibility index (Phi) is 2.52. The van der Waals surface area contributed by atoms with E-state index in [1.807, 2.05) is 12.3 Å². The van der Waals surface area contributed by atoms with E-state index in [0.717, 1.165) is 25.8 Å². The topological polar surface area (TPSA) is 39.2 Å². The summed E-state index contributed by atoms with van der Waals surface area (Å²) in [5.74, 6) is 0. The maximum atomic E-state index is 6.03. The molecular weight excluding hydrogens is 210 g/mol. The lowest BCUT2D eigenvalue weighted by Crippen LogP contribution is -2.33. The van der Waals surface area contributed by atoms with Gasteiger partial charge in [0, 0.05) is 0 Å². The summed E-state index contributed by atoms with van der Waals surface area (Å²) in [5.41, 5.74) is 10.4. The van der Waals surface area contributed by atoms with Crippen molar-refractivity contribution in [1.82, 2.24) is 0 Å². The van der Waals surface area contributed by atoms with Crippen LogP contribution in [0.15, 0.2) is 47.3 Å². The first-order chi connectivity index (χ1) is 8.31. The number of benzene rings is 1. The Morgan fingerprint density at radius 2 is 1.82 bits per heavy atom. The fraction of sp³-hybridized carbons (Fsp3) is 0.333. The third-order valence-electron chi connectivity index (χ3n) is 3.84. The van der Waals surface area contributed by atoms with Crippen molar-refractivity contribution in [2.75, 3.05) is 6.54 Å². The van der Waals surface area contributed by atoms with Crippen molar-refractivity contribution in [2.24, 2.45) is 11.1 Å². The minimum atomic E-state index is 0.188. The van der Waals surface area contributed by atoms with E-state index in [9.17, 15) is 0 Å². The summed E-state index contributed by atoms with van der Waals surface area (Å²) in [6, 6.07) is 10.7. The Hall–Kier alpha value is -1.54. The van der Waals surface area contributed by atoms with E-state index >= 15 is 0 Å². The highest BCUT2D eigenvalue weighted by atomic mass is 16.3. The molecule has 2 aromatic rings. The fourth-order valence-corrected chi connectivity index (χ4v) is 2.94. The van der Waals surface area contributed by atoms with Crippen molar-refractivity contribution >= 4 is 0 Å². The zero-order valence-corrected chi connectivity index (χ0v) is 9.86. The quantitative estimate of drug-likeness (QED) is 0.875. The molecule has 1 aromatic carbocycles. The predicted molar refractivity (Wildman–Crippen MR) is 67.7 cm³/mol. The van der Waals surface area contributed by atoms with Crippen molar-refractivity contribution in [1.29, 1.82) is 0 Å². The van der Waals surface area contributed by atoms with E-state index in [1.54, 1.807) is 6.26 Å². The predicted octanol–water partition coefficient (Wildman–Crippen LogP) is 2.57. The molecule has 1 aromatic heterocycles. The zero-order valence-electron chi connectivity index (χ0n) is 9.86. The first-order valence-electron chi connectivity index (χ1n) is 6.09. The number of rotatable bonds is 3. The molecule has 0 fully saturated rings. The van der Waals surface area contributed by atoms with Crippen molar-refractivity contribution in [3.05, 3.63) is 59.5 Å². The molecule has 0 amide bonds. The molecule has 0 radical (unpaired) electrons. The Bertz CT molecular complexity index is 471. The summed E-state index contributed by atoms with van der Waals surface area (Å²) in [6.45, 7) is 0.729. The van der Waals surface area contributed by atoms with Gasteiger partial charge < -0.3 is 10.2 Å². The van der Waals surface area contributed by atoms with Crippen LogP contribution in [0.25, 0.3) is 0 Å². The summed E-state index contributed by atoms with van der Waals surface area (Å²) in [7, 11) is 0. The first kappa shape index (κ1) is 10.6. The van der Waals surface area contributed by atoms with Crippen LogP contribution in [-0.2, 0) is 19.3 Å². The van der Waals surface area contributed by atoms with Gasteiger partial charge in [-0.05, 0) is 54.0 Å². The molecule has 0 saturated carbocycles. The fourth-order valence-electron chi connectivity index (χ4n) is 2.94. The smallest absolute Gasteiger partial charge is 0.0934 e. The maximum Gasteiger partial charge on any atom is 0.0934 e. The lowest BCUT2D eigenvalue weighted by molar-refractivity contribution is 0.314. The molecule has 0 aliphatic heterocycles. The van der Waals surface area contributed by atoms with E-state index in [2.05, 4.69) is 24.3 Å². The van der Waals surface area contributed by atoms with Crippen molar-refractivity contribution < 1.29 is 4.42 Å². The summed E-state index contributed by atoms with van der Waals surface area (Å²) in [4.78, 5) is 0. The van der Waals surface area contributed by atoms with E-state index in [4.69, 9.17) is 10.2 Å². The van der Waals surface area contributed by atoms with Gasteiger partial charge in [-0.25, -0.2) is 0 Å². The molecule has 0 unspecified atom stereocenters. The molecule has 1 aliphatic rings. The largest absolute Gasteiger partial charge is 0.472 e. The SMILES string of the molecule is NCC1(Cc2ccoc2)Cc2ccccc2C1. The number of furan rings is 1. The van der Waals surface area contributed by atoms with Gasteiger partial charge in [-0.3, -0.25) is 0 Å². The second-order valence-electron chi connectivity index (χ2n) is 5.13. The number of hydrogen-bond acceptors (Lipinski definition) is 2. The Morgan fingerprint density at radius 1 is 1.12 bits per heavy atom. The molecule has 1 heterocycles. The monoisotopic (exact) mass is 227 g/mol. The van der Waals surface area contributed by atoms with Crippen molar-refractivity contribution in [2.45, 2.75) is 19.3 Å². The van der Waals surface area contributed by atoms with E-state index in [0.29, 0.717) is 0 Å². The van der Waals surface area contributed by atoms with E-state index in [1.165, 1.54) is 16.7 Å². The second-order valence-corrected chi connectivity index (χ2v) is 5.13. The number of nitrogens with two attached hydrogens (primary N) is 1. The lowest BCUT2D eigenvalue weighted by Gasteiger charge is -2.26. The lowest BCUT2D eigenvalue weighted by atomic mass is 9.79. The summed E-state index contributed by atoms with van der Waals surface area (Å²) >= 11 is 0. The Balaban J connectivity index is 1.87. The van der Waals surface area contributed by atoms with Crippen LogP contribution in [0.2, 0.25) is 0 Å². The molecule has 88 valence electrons. The van der Waals surface area contributed by atoms with Crippen molar-refractivity contribution in [3.63, 3.8) is 0 Å². The van der Waals surface area contributed by atoms with Crippen LogP contribution in [0.1, 0.15) is 16.7 Å². The van der Waals surface area contributed by atoms with Crippen LogP contribution in [0.4, 0.5) is 0 Å². The van der Waals surface area contributed by atoms with Gasteiger partial charge in [0.2, 0.25) is 0 Å². The standard InChI is InChI=1S/C15H17NO/c16-11-15(7-12-5-6-17-10-12)8-13-3-1-2-4-14(13)9-15/h1-6,10H,7-9,11,16H2. The number of fused-ring (bicyclic) bond motifs is 1. The van der Waals surface area contributed by atoms with E-state index < -0.39 is 0 Å². The van der Waals surface area contributed by atoms with Gasteiger partial charge in [-0.15, -0.1) is 0 Å². The summed E-state index contributed by atoms with van der Waals surface area (Å²) < 4.78 is 5.15. The second kappa shape index (κ2) is 4.04. The Labute approximate surface area is 101 Å². The highest BCUT2D eigenvalue weighted by molar-refractivity contribution is 5.35. The number of hydrogen-bond donors (Lipinski definition) is 1. The molecule has 3 rings (SSSR count). The van der Waals surface area contributed by atoms with Crippen LogP contribution in [0.5, 0.6) is 0 Å². The van der Waals surface area contributed by atoms with Gasteiger partial charge in [0.15, 0.2) is 0 Å². The van der Waals surface area contributed by atoms with Gasteiger partial charge >= 0.3 is 0 Å². The normalized spacial score (nSPS) is 17.0. The Morgan fingerprint density at radius 3 is 2.35 bits per heavy atom. The van der Waals surface area contributed by atoms with Crippen LogP contribution in [0, 0.1) is 5.41 Å². The highest BCUT2D eigenvalue weighted by Gasteiger charge is 2.36. The molecule has 0 bridgehead atoms. The molecule has 17 heavy (non-hydrogen) atoms. The third kappa shape index (κ3) is 1.89. The molecule has 0 atom stereocenters. The summed E-state index contributed by atoms with van der Waals surface area (Å²) in [6.07, 6.45) is 6.76. The third-order valence-corrected chi connectivity index (χ3v) is 3.84. The van der Waals surface area contributed by atoms with E-state index in [-0.39, 0.29) is 5.41 Å². The maximum absolute atomic E-state index is 6.03. The first-order valence-corrected chi connectivity index (χ1v) is 6.09. The van der Waals surface area contributed by atoms with Crippen molar-refractivity contribution in [3.8, 4) is 0 Å². The van der Waals surface area contributed by atoms with Gasteiger partial charge in [0.1, 0.15) is 0 Å². The molecule has 0 spiro atoms. The minimum Gasteiger partial charge on any atom is -0.472 e. The molecule has 2 heteroatoms. The highest BCUT2D eigenvalue weighted by Crippen LogP contribution is 2.38. The van der Waals surface area contributed by atoms with Crippen LogP contribution < -0.4 is 5.73 Å². The minimum absolute atomic E-state index is 0.188. The average Bonchev–Trinajstić information content (AvgIpc) is 2.96. The zero-order chi connectivity index (χ0) is 11.7. The van der Waals surface area contributed by atoms with Crippen LogP contribution >= 0.6 is 0 Å². The molecular formula is C15H17NO. The molecule has 1 aliphatic carbocycles. The van der Waals surface area contributed by atoms with Gasteiger partial charge in [0.05, 0.1) is 12.5 Å².